The minimum absolute atomic E-state index is 0.00564. The van der Waals surface area contributed by atoms with E-state index in [1.807, 2.05) is 57.2 Å². The van der Waals surface area contributed by atoms with Crippen molar-refractivity contribution in [3.05, 3.63) is 87.9 Å². The molecule has 1 atom stereocenters. The van der Waals surface area contributed by atoms with Gasteiger partial charge in [-0.15, -0.1) is 0 Å². The number of nitrogens with one attached hydrogen (secondary N) is 1. The maximum absolute atomic E-state index is 14.4. The van der Waals surface area contributed by atoms with Crippen molar-refractivity contribution in [2.45, 2.75) is 82.8 Å². The van der Waals surface area contributed by atoms with Gasteiger partial charge in [0.2, 0.25) is 11.8 Å². The molecule has 1 fully saturated rings. The molecular weight excluding hydrogens is 642 g/mol. The van der Waals surface area contributed by atoms with Crippen molar-refractivity contribution in [3.8, 4) is 5.75 Å². The Morgan fingerprint density at radius 3 is 2.30 bits per heavy atom. The molecule has 0 aromatic heterocycles. The number of anilines is 1. The first-order valence-electron chi connectivity index (χ1n) is 15.1. The van der Waals surface area contributed by atoms with E-state index >= 15 is 0 Å². The van der Waals surface area contributed by atoms with Gasteiger partial charge < -0.3 is 15.0 Å². The lowest BCUT2D eigenvalue weighted by molar-refractivity contribution is -0.140. The van der Waals surface area contributed by atoms with Crippen LogP contribution in [-0.4, -0.2) is 50.9 Å². The summed E-state index contributed by atoms with van der Waals surface area (Å²) in [5.41, 5.74) is 3.19. The zero-order valence-electron chi connectivity index (χ0n) is 25.9. The number of halogens is 1. The van der Waals surface area contributed by atoms with Crippen LogP contribution in [0.4, 0.5) is 5.69 Å². The van der Waals surface area contributed by atoms with Gasteiger partial charge in [0.1, 0.15) is 18.3 Å². The average molecular weight is 685 g/mol. The molecule has 1 aliphatic carbocycles. The Balaban J connectivity index is 1.73. The topological polar surface area (TPSA) is 96.0 Å². The Morgan fingerprint density at radius 1 is 1.00 bits per heavy atom. The number of nitrogens with zero attached hydrogens (tertiary/aromatic N) is 2. The molecule has 4 rings (SSSR count). The number of amides is 2. The standard InChI is InChI=1S/C34H42BrN3O5S/c1-5-31(34(40)36-27-13-7-6-8-14-27)37(22-26-12-10-9-11-25(26)3)33(39)23-38(28-17-15-24(2)16-18-28)44(41,42)29-19-20-32(43-4)30(35)21-29/h9-12,15-21,27,31H,5-8,13-14,22-23H2,1-4H3,(H,36,40)/t31-/m1/s1. The van der Waals surface area contributed by atoms with Crippen LogP contribution in [0.15, 0.2) is 76.1 Å². The molecule has 0 bridgehead atoms. The van der Waals surface area contributed by atoms with Crippen LogP contribution in [0.5, 0.6) is 5.75 Å². The van der Waals surface area contributed by atoms with Crippen molar-refractivity contribution in [1.29, 1.82) is 0 Å². The van der Waals surface area contributed by atoms with Gasteiger partial charge in [-0.3, -0.25) is 13.9 Å². The second kappa shape index (κ2) is 15.1. The number of aryl methyl sites for hydroxylation is 2. The molecular formula is C34H42BrN3O5S. The third-order valence-corrected chi connectivity index (χ3v) is 10.6. The molecule has 0 unspecified atom stereocenters. The van der Waals surface area contributed by atoms with E-state index in [-0.39, 0.29) is 23.4 Å². The van der Waals surface area contributed by atoms with Gasteiger partial charge in [-0.2, -0.15) is 0 Å². The number of carbonyl (C=O) groups excluding carboxylic acids is 2. The van der Waals surface area contributed by atoms with Gasteiger partial charge in [-0.05, 0) is 90.5 Å². The number of carbonyl (C=O) groups is 2. The largest absolute Gasteiger partial charge is 0.496 e. The fourth-order valence-corrected chi connectivity index (χ4v) is 7.74. The van der Waals surface area contributed by atoms with Crippen molar-refractivity contribution in [2.75, 3.05) is 18.0 Å². The van der Waals surface area contributed by atoms with Crippen molar-refractivity contribution < 1.29 is 22.7 Å². The van der Waals surface area contributed by atoms with Gasteiger partial charge in [-0.25, -0.2) is 8.42 Å². The lowest BCUT2D eigenvalue weighted by atomic mass is 9.95. The molecule has 2 amide bonds. The van der Waals surface area contributed by atoms with Crippen LogP contribution in [0.2, 0.25) is 0 Å². The van der Waals surface area contributed by atoms with Gasteiger partial charge in [0, 0.05) is 12.6 Å². The van der Waals surface area contributed by atoms with Crippen LogP contribution in [0.25, 0.3) is 0 Å². The van der Waals surface area contributed by atoms with Gasteiger partial charge in [0.25, 0.3) is 10.0 Å². The molecule has 1 N–H and O–H groups in total. The third-order valence-electron chi connectivity index (χ3n) is 8.25. The molecule has 236 valence electrons. The zero-order valence-corrected chi connectivity index (χ0v) is 28.3. The molecule has 44 heavy (non-hydrogen) atoms. The van der Waals surface area contributed by atoms with Crippen LogP contribution in [0, 0.1) is 13.8 Å². The summed E-state index contributed by atoms with van der Waals surface area (Å²) in [6.45, 7) is 5.46. The van der Waals surface area contributed by atoms with Crippen LogP contribution < -0.4 is 14.4 Å². The highest BCUT2D eigenvalue weighted by Gasteiger charge is 2.35. The van der Waals surface area contributed by atoms with Gasteiger partial charge in [0.15, 0.2) is 0 Å². The molecule has 0 heterocycles. The zero-order chi connectivity index (χ0) is 31.9. The highest BCUT2D eigenvalue weighted by Crippen LogP contribution is 2.31. The van der Waals surface area contributed by atoms with Gasteiger partial charge in [0.05, 0.1) is 22.2 Å². The molecule has 1 saturated carbocycles. The first-order chi connectivity index (χ1) is 21.0. The van der Waals surface area contributed by atoms with E-state index in [4.69, 9.17) is 4.74 Å². The van der Waals surface area contributed by atoms with E-state index in [0.29, 0.717) is 22.3 Å². The Morgan fingerprint density at radius 2 is 1.68 bits per heavy atom. The Hall–Kier alpha value is -3.37. The Bertz CT molecular complexity index is 1560. The summed E-state index contributed by atoms with van der Waals surface area (Å²) in [4.78, 5) is 29.6. The van der Waals surface area contributed by atoms with Crippen LogP contribution >= 0.6 is 15.9 Å². The summed E-state index contributed by atoms with van der Waals surface area (Å²) >= 11 is 3.39. The summed E-state index contributed by atoms with van der Waals surface area (Å²) in [6, 6.07) is 18.5. The predicted molar refractivity (Wildman–Crippen MR) is 177 cm³/mol. The quantitative estimate of drug-likeness (QED) is 0.234. The molecule has 8 nitrogen and oxygen atoms in total. The minimum Gasteiger partial charge on any atom is -0.496 e. The monoisotopic (exact) mass is 683 g/mol. The van der Waals surface area contributed by atoms with Crippen LogP contribution in [0.1, 0.15) is 62.1 Å². The molecule has 0 spiro atoms. The molecule has 3 aromatic carbocycles. The summed E-state index contributed by atoms with van der Waals surface area (Å²) in [5, 5.41) is 3.19. The molecule has 0 radical (unpaired) electrons. The number of rotatable bonds is 12. The van der Waals surface area contributed by atoms with E-state index in [1.165, 1.54) is 19.2 Å². The van der Waals surface area contributed by atoms with Gasteiger partial charge in [-0.1, -0.05) is 68.1 Å². The van der Waals surface area contributed by atoms with E-state index in [2.05, 4.69) is 21.2 Å². The highest BCUT2D eigenvalue weighted by molar-refractivity contribution is 9.10. The fraction of sp³-hybridized carbons (Fsp3) is 0.412. The number of sulfonamides is 1. The lowest BCUT2D eigenvalue weighted by Gasteiger charge is -2.34. The maximum Gasteiger partial charge on any atom is 0.264 e. The van der Waals surface area contributed by atoms with Gasteiger partial charge >= 0.3 is 0 Å². The first kappa shape index (κ1) is 33.5. The third kappa shape index (κ3) is 8.01. The fourth-order valence-electron chi connectivity index (χ4n) is 5.61. The SMILES string of the molecule is CC[C@H](C(=O)NC1CCCCC1)N(Cc1ccccc1C)C(=O)CN(c1ccc(C)cc1)S(=O)(=O)c1ccc(OC)c(Br)c1. The number of benzene rings is 3. The van der Waals surface area contributed by atoms with Crippen LogP contribution in [-0.2, 0) is 26.2 Å². The van der Waals surface area contributed by atoms with Crippen molar-refractivity contribution in [2.24, 2.45) is 0 Å². The molecule has 10 heteroatoms. The average Bonchev–Trinajstić information content (AvgIpc) is 3.01. The molecule has 0 saturated heterocycles. The second-order valence-electron chi connectivity index (χ2n) is 11.4. The number of hydrogen-bond donors (Lipinski definition) is 1. The predicted octanol–water partition coefficient (Wildman–Crippen LogP) is 6.53. The number of ether oxygens (including phenoxy) is 1. The summed E-state index contributed by atoms with van der Waals surface area (Å²) < 4.78 is 35.3. The van der Waals surface area contributed by atoms with E-state index in [9.17, 15) is 18.0 Å². The lowest BCUT2D eigenvalue weighted by Crippen LogP contribution is -2.54. The maximum atomic E-state index is 14.4. The number of methoxy groups -OCH3 is 1. The summed E-state index contributed by atoms with van der Waals surface area (Å²) in [5.74, 6) is -0.179. The summed E-state index contributed by atoms with van der Waals surface area (Å²) in [6.07, 6.45) is 5.53. The molecule has 0 aliphatic heterocycles. The van der Waals surface area contributed by atoms with Crippen LogP contribution in [0.3, 0.4) is 0 Å². The van der Waals surface area contributed by atoms with Crippen molar-refractivity contribution in [3.63, 3.8) is 0 Å². The van der Waals surface area contributed by atoms with E-state index in [0.717, 1.165) is 53.1 Å². The normalized spacial score (nSPS) is 14.5. The number of hydrogen-bond acceptors (Lipinski definition) is 5. The second-order valence-corrected chi connectivity index (χ2v) is 14.1. The van der Waals surface area contributed by atoms with E-state index in [1.54, 1.807) is 23.1 Å². The van der Waals surface area contributed by atoms with Crippen molar-refractivity contribution >= 4 is 43.5 Å². The Kier molecular flexibility index (Phi) is 11.5. The smallest absolute Gasteiger partial charge is 0.264 e. The highest BCUT2D eigenvalue weighted by atomic mass is 79.9. The summed E-state index contributed by atoms with van der Waals surface area (Å²) in [7, 11) is -2.70. The minimum atomic E-state index is -4.20. The van der Waals surface area contributed by atoms with E-state index < -0.39 is 28.5 Å². The molecule has 1 aliphatic rings. The Labute approximate surface area is 270 Å². The van der Waals surface area contributed by atoms with Crippen molar-refractivity contribution in [1.82, 2.24) is 10.2 Å². The first-order valence-corrected chi connectivity index (χ1v) is 17.4. The molecule has 3 aromatic rings.